The number of nitrogens with zero attached hydrogens (tertiary/aromatic N) is 2. The number of alkyl halides is 3. The van der Waals surface area contributed by atoms with E-state index < -0.39 is 21.9 Å². The van der Waals surface area contributed by atoms with Gasteiger partial charge in [-0.1, -0.05) is 23.7 Å². The van der Waals surface area contributed by atoms with Gasteiger partial charge in [0.1, 0.15) is 5.75 Å². The molecule has 0 amide bonds. The van der Waals surface area contributed by atoms with Gasteiger partial charge in [-0.25, -0.2) is 18.2 Å². The van der Waals surface area contributed by atoms with Crippen LogP contribution >= 0.6 is 22.9 Å². The fourth-order valence-electron chi connectivity index (χ4n) is 3.00. The van der Waals surface area contributed by atoms with Gasteiger partial charge in [0.25, 0.3) is 0 Å². The Balaban J connectivity index is 1.86. The first kappa shape index (κ1) is 22.3. The Bertz CT molecular complexity index is 1430. The Morgan fingerprint density at radius 3 is 2.44 bits per heavy atom. The van der Waals surface area contributed by atoms with Gasteiger partial charge >= 0.3 is 6.18 Å². The lowest BCUT2D eigenvalue weighted by Gasteiger charge is -2.09. The largest absolute Gasteiger partial charge is 0.508 e. The highest BCUT2D eigenvalue weighted by Gasteiger charge is 2.35. The number of benzene rings is 2. The van der Waals surface area contributed by atoms with E-state index in [1.807, 2.05) is 0 Å². The highest BCUT2D eigenvalue weighted by molar-refractivity contribution is 7.89. The number of aromatic nitrogens is 2. The van der Waals surface area contributed by atoms with Crippen molar-refractivity contribution in [3.8, 4) is 32.4 Å². The molecule has 0 atom stereocenters. The van der Waals surface area contributed by atoms with Gasteiger partial charge in [-0.05, 0) is 48.0 Å². The summed E-state index contributed by atoms with van der Waals surface area (Å²) in [7, 11) is -3.92. The molecule has 0 bridgehead atoms. The fourth-order valence-corrected chi connectivity index (χ4v) is 4.76. The van der Waals surface area contributed by atoms with Crippen LogP contribution in [0.4, 0.5) is 13.2 Å². The molecule has 0 unspecified atom stereocenters. The molecule has 0 saturated heterocycles. The van der Waals surface area contributed by atoms with E-state index in [1.54, 1.807) is 18.2 Å². The molecule has 6 nitrogen and oxygen atoms in total. The van der Waals surface area contributed by atoms with Gasteiger partial charge in [0, 0.05) is 10.9 Å². The van der Waals surface area contributed by atoms with Crippen LogP contribution in [0.1, 0.15) is 5.69 Å². The van der Waals surface area contributed by atoms with Crippen molar-refractivity contribution in [2.45, 2.75) is 11.1 Å². The Labute approximate surface area is 189 Å². The third-order valence-electron chi connectivity index (χ3n) is 4.46. The van der Waals surface area contributed by atoms with Crippen LogP contribution in [0.3, 0.4) is 0 Å². The summed E-state index contributed by atoms with van der Waals surface area (Å²) in [5.41, 5.74) is -0.421. The van der Waals surface area contributed by atoms with Crippen molar-refractivity contribution in [3.63, 3.8) is 0 Å². The van der Waals surface area contributed by atoms with Gasteiger partial charge in [-0.2, -0.15) is 18.3 Å². The van der Waals surface area contributed by atoms with Gasteiger partial charge in [0.05, 0.1) is 26.2 Å². The molecule has 2 aromatic carbocycles. The molecule has 0 radical (unpaired) electrons. The van der Waals surface area contributed by atoms with Crippen LogP contribution in [0.25, 0.3) is 26.7 Å². The maximum Gasteiger partial charge on any atom is 0.435 e. The van der Waals surface area contributed by atoms with Gasteiger partial charge in [-0.15, -0.1) is 11.3 Å². The van der Waals surface area contributed by atoms with Crippen LogP contribution in [-0.2, 0) is 16.2 Å². The van der Waals surface area contributed by atoms with Crippen molar-refractivity contribution in [2.24, 2.45) is 5.14 Å². The first-order valence-electron chi connectivity index (χ1n) is 8.83. The predicted octanol–water partition coefficient (Wildman–Crippen LogP) is 5.29. The van der Waals surface area contributed by atoms with Crippen LogP contribution in [0.2, 0.25) is 5.02 Å². The molecule has 0 aliphatic rings. The Morgan fingerprint density at radius 1 is 1.03 bits per heavy atom. The number of thiophene rings is 1. The molecule has 12 heteroatoms. The maximum atomic E-state index is 13.4. The zero-order chi connectivity index (χ0) is 23.3. The number of aromatic hydroxyl groups is 1. The van der Waals surface area contributed by atoms with Crippen LogP contribution in [0.5, 0.6) is 5.75 Å². The number of hydrogen-bond donors (Lipinski definition) is 2. The van der Waals surface area contributed by atoms with E-state index in [-0.39, 0.29) is 27.0 Å². The molecule has 0 spiro atoms. The van der Waals surface area contributed by atoms with E-state index in [0.29, 0.717) is 15.3 Å². The first-order chi connectivity index (χ1) is 14.9. The highest BCUT2D eigenvalue weighted by Crippen LogP contribution is 2.40. The number of primary sulfonamides is 1. The fraction of sp³-hybridized carbons (Fsp3) is 0.0500. The van der Waals surface area contributed by atoms with Gasteiger partial charge < -0.3 is 5.11 Å². The van der Waals surface area contributed by atoms with Crippen LogP contribution in [0, 0.1) is 0 Å². The normalized spacial score (nSPS) is 12.3. The molecule has 166 valence electrons. The minimum absolute atomic E-state index is 0.0725. The van der Waals surface area contributed by atoms with E-state index >= 15 is 0 Å². The monoisotopic (exact) mass is 499 g/mol. The minimum atomic E-state index is -4.70. The van der Waals surface area contributed by atoms with Gasteiger partial charge in [0.15, 0.2) is 5.69 Å². The lowest BCUT2D eigenvalue weighted by Crippen LogP contribution is -2.11. The zero-order valence-corrected chi connectivity index (χ0v) is 18.2. The van der Waals surface area contributed by atoms with Crippen LogP contribution in [0.15, 0.2) is 65.6 Å². The second-order valence-corrected chi connectivity index (χ2v) is 9.75. The summed E-state index contributed by atoms with van der Waals surface area (Å²) in [5.74, 6) is -0.189. The van der Waals surface area contributed by atoms with Gasteiger partial charge in [-0.3, -0.25) is 0 Å². The lowest BCUT2D eigenvalue weighted by molar-refractivity contribution is -0.141. The molecular formula is C20H13ClF3N3O3S2. The maximum absolute atomic E-state index is 13.4. The predicted molar refractivity (Wildman–Crippen MR) is 115 cm³/mol. The summed E-state index contributed by atoms with van der Waals surface area (Å²) in [6, 6.07) is 13.9. The number of hydrogen-bond acceptors (Lipinski definition) is 5. The quantitative estimate of drug-likeness (QED) is 0.398. The molecule has 0 fully saturated rings. The van der Waals surface area contributed by atoms with E-state index in [2.05, 4.69) is 5.10 Å². The smallest absolute Gasteiger partial charge is 0.435 e. The second-order valence-electron chi connectivity index (χ2n) is 6.70. The molecule has 3 N–H and O–H groups in total. The molecule has 0 saturated carbocycles. The van der Waals surface area contributed by atoms with Crippen molar-refractivity contribution < 1.29 is 26.7 Å². The lowest BCUT2D eigenvalue weighted by atomic mass is 10.2. The molecule has 4 rings (SSSR count). The molecule has 4 aromatic rings. The molecule has 0 aliphatic heterocycles. The zero-order valence-electron chi connectivity index (χ0n) is 15.8. The number of phenols is 1. The third kappa shape index (κ3) is 4.37. The number of phenolic OH excluding ortho intramolecular Hbond substituents is 1. The highest BCUT2D eigenvalue weighted by atomic mass is 35.5. The average Bonchev–Trinajstić information content (AvgIpc) is 3.36. The average molecular weight is 500 g/mol. The van der Waals surface area contributed by atoms with Crippen LogP contribution < -0.4 is 5.14 Å². The second kappa shape index (κ2) is 7.93. The molecule has 2 heterocycles. The summed E-state index contributed by atoms with van der Waals surface area (Å²) in [5, 5.41) is 18.7. The van der Waals surface area contributed by atoms with Crippen molar-refractivity contribution in [1.82, 2.24) is 9.78 Å². The number of rotatable bonds is 4. The van der Waals surface area contributed by atoms with E-state index in [9.17, 15) is 26.7 Å². The summed E-state index contributed by atoms with van der Waals surface area (Å²) < 4.78 is 64.5. The Morgan fingerprint density at radius 2 is 1.75 bits per heavy atom. The molecule has 0 aliphatic carbocycles. The Kier molecular flexibility index (Phi) is 5.53. The topological polar surface area (TPSA) is 98.2 Å². The van der Waals surface area contributed by atoms with Crippen molar-refractivity contribution in [3.05, 3.63) is 71.4 Å². The van der Waals surface area contributed by atoms with Crippen molar-refractivity contribution in [2.75, 3.05) is 0 Å². The molecular weight excluding hydrogens is 487 g/mol. The summed E-state index contributed by atoms with van der Waals surface area (Å²) in [6.07, 6.45) is -4.70. The number of halogens is 4. The third-order valence-corrected chi connectivity index (χ3v) is 6.85. The SMILES string of the molecule is NS(=O)(=O)c1cccc(-c2ccc(-c3cc(C(F)(F)F)nn3-c3cc(O)ccc3Cl)s2)c1. The van der Waals surface area contributed by atoms with Crippen molar-refractivity contribution in [1.29, 1.82) is 0 Å². The summed E-state index contributed by atoms with van der Waals surface area (Å²) in [4.78, 5) is 0.943. The standard InChI is InChI=1S/C20H13ClF3N3O3S2/c21-14-5-4-12(28)9-15(14)27-16(10-19(26-27)20(22,23)24)18-7-6-17(31-18)11-2-1-3-13(8-11)32(25,29)30/h1-10,28H,(H2,25,29,30). The molecule has 32 heavy (non-hydrogen) atoms. The summed E-state index contributed by atoms with van der Waals surface area (Å²) in [6.45, 7) is 0. The Hall–Kier alpha value is -2.86. The molecule has 2 aromatic heterocycles. The number of nitrogens with two attached hydrogens (primary N) is 1. The van der Waals surface area contributed by atoms with Crippen molar-refractivity contribution >= 4 is 33.0 Å². The first-order valence-corrected chi connectivity index (χ1v) is 11.6. The summed E-state index contributed by atoms with van der Waals surface area (Å²) >= 11 is 7.29. The van der Waals surface area contributed by atoms with E-state index in [1.165, 1.54) is 36.4 Å². The number of sulfonamides is 1. The minimum Gasteiger partial charge on any atom is -0.508 e. The van der Waals surface area contributed by atoms with E-state index in [4.69, 9.17) is 16.7 Å². The van der Waals surface area contributed by atoms with Crippen LogP contribution in [-0.4, -0.2) is 23.3 Å². The van der Waals surface area contributed by atoms with Gasteiger partial charge in [0.2, 0.25) is 10.0 Å². The van der Waals surface area contributed by atoms with E-state index in [0.717, 1.165) is 22.1 Å².